The second-order valence-corrected chi connectivity index (χ2v) is 7.38. The lowest BCUT2D eigenvalue weighted by molar-refractivity contribution is -0.132. The van der Waals surface area contributed by atoms with E-state index in [-0.39, 0.29) is 17.9 Å². The smallest absolute Gasteiger partial charge is 0.239 e. The van der Waals surface area contributed by atoms with Gasteiger partial charge < -0.3 is 15.0 Å². The first-order valence-corrected chi connectivity index (χ1v) is 10.1. The summed E-state index contributed by atoms with van der Waals surface area (Å²) in [6.07, 6.45) is 0.508. The fourth-order valence-corrected chi connectivity index (χ4v) is 3.64. The Morgan fingerprint density at radius 2 is 1.53 bits per heavy atom. The monoisotopic (exact) mass is 400 g/mol. The van der Waals surface area contributed by atoms with Crippen molar-refractivity contribution >= 4 is 17.5 Å². The Balaban J connectivity index is 1.38. The number of hydrogen-bond acceptors (Lipinski definition) is 3. The summed E-state index contributed by atoms with van der Waals surface area (Å²) < 4.78 is 5.80. The Morgan fingerprint density at radius 1 is 0.933 bits per heavy atom. The zero-order valence-corrected chi connectivity index (χ0v) is 16.8. The molecule has 2 amide bonds. The number of para-hydroxylation sites is 1. The molecule has 2 atom stereocenters. The number of nitrogens with zero attached hydrogens (tertiary/aromatic N) is 1. The zero-order valence-electron chi connectivity index (χ0n) is 16.8. The van der Waals surface area contributed by atoms with E-state index in [4.69, 9.17) is 4.74 Å². The highest BCUT2D eigenvalue weighted by Gasteiger charge is 2.38. The molecule has 0 unspecified atom stereocenters. The quantitative estimate of drug-likeness (QED) is 0.610. The Bertz CT molecular complexity index is 1000. The van der Waals surface area contributed by atoms with Crippen LogP contribution in [0.2, 0.25) is 0 Å². The molecular weight excluding hydrogens is 376 g/mol. The van der Waals surface area contributed by atoms with E-state index >= 15 is 0 Å². The van der Waals surface area contributed by atoms with Crippen molar-refractivity contribution in [2.24, 2.45) is 5.92 Å². The minimum atomic E-state index is -0.656. The van der Waals surface area contributed by atoms with Crippen LogP contribution >= 0.6 is 0 Å². The van der Waals surface area contributed by atoms with E-state index in [1.165, 1.54) is 0 Å². The number of ether oxygens (including phenoxy) is 1. The Kier molecular flexibility index (Phi) is 5.80. The molecule has 1 fully saturated rings. The molecule has 0 aliphatic carbocycles. The van der Waals surface area contributed by atoms with Crippen molar-refractivity contribution in [3.05, 3.63) is 90.5 Å². The summed E-state index contributed by atoms with van der Waals surface area (Å²) in [5.74, 6) is 0.415. The van der Waals surface area contributed by atoms with Crippen molar-refractivity contribution in [3.8, 4) is 11.5 Å². The molecule has 1 aliphatic rings. The molecule has 5 heteroatoms. The van der Waals surface area contributed by atoms with Gasteiger partial charge in [-0.15, -0.1) is 0 Å². The molecule has 0 bridgehead atoms. The van der Waals surface area contributed by atoms with Gasteiger partial charge in [0.15, 0.2) is 0 Å². The molecule has 1 N–H and O–H groups in total. The van der Waals surface area contributed by atoms with Crippen LogP contribution < -0.4 is 15.0 Å². The van der Waals surface area contributed by atoms with Gasteiger partial charge in [0.2, 0.25) is 11.8 Å². The van der Waals surface area contributed by atoms with Gasteiger partial charge in [-0.3, -0.25) is 9.59 Å². The molecule has 1 aliphatic heterocycles. The normalized spacial score (nSPS) is 16.9. The summed E-state index contributed by atoms with van der Waals surface area (Å²) in [6, 6.07) is 26.5. The second kappa shape index (κ2) is 8.82. The van der Waals surface area contributed by atoms with Gasteiger partial charge in [0.1, 0.15) is 17.4 Å². The maximum absolute atomic E-state index is 12.9. The van der Waals surface area contributed by atoms with E-state index in [0.717, 1.165) is 17.0 Å². The van der Waals surface area contributed by atoms with Crippen LogP contribution in [-0.2, 0) is 9.59 Å². The van der Waals surface area contributed by atoms with E-state index in [1.54, 1.807) is 4.90 Å². The number of carbonyl (C=O) groups is 2. The van der Waals surface area contributed by atoms with E-state index in [2.05, 4.69) is 5.32 Å². The number of amides is 2. The summed E-state index contributed by atoms with van der Waals surface area (Å²) >= 11 is 0. The first kappa shape index (κ1) is 19.7. The molecule has 1 heterocycles. The molecule has 0 spiro atoms. The lowest BCUT2D eigenvalue weighted by Gasteiger charge is -2.19. The Morgan fingerprint density at radius 3 is 2.20 bits per heavy atom. The highest BCUT2D eigenvalue weighted by molar-refractivity contribution is 6.09. The molecule has 0 radical (unpaired) electrons. The standard InChI is InChI=1S/C25H24N2O3/c1-18(19-8-4-2-5-9-19)26-24(28)23-16-17-27(25(23)29)20-12-14-22(15-13-20)30-21-10-6-3-7-11-21/h2-15,18,23H,16-17H2,1H3,(H,26,28)/t18-,23-/m0/s1. The van der Waals surface area contributed by atoms with Crippen LogP contribution in [0.4, 0.5) is 5.69 Å². The van der Waals surface area contributed by atoms with E-state index in [1.807, 2.05) is 91.9 Å². The van der Waals surface area contributed by atoms with Gasteiger partial charge in [-0.1, -0.05) is 48.5 Å². The largest absolute Gasteiger partial charge is 0.457 e. The van der Waals surface area contributed by atoms with Gasteiger partial charge in [-0.2, -0.15) is 0 Å². The van der Waals surface area contributed by atoms with E-state index < -0.39 is 5.92 Å². The lowest BCUT2D eigenvalue weighted by Crippen LogP contribution is -2.38. The Labute approximate surface area is 176 Å². The van der Waals surface area contributed by atoms with Gasteiger partial charge >= 0.3 is 0 Å². The molecule has 0 aromatic heterocycles. The zero-order chi connectivity index (χ0) is 20.9. The van der Waals surface area contributed by atoms with Crippen LogP contribution in [-0.4, -0.2) is 18.4 Å². The maximum Gasteiger partial charge on any atom is 0.239 e. The lowest BCUT2D eigenvalue weighted by atomic mass is 10.0. The number of benzene rings is 3. The van der Waals surface area contributed by atoms with Gasteiger partial charge in [-0.25, -0.2) is 0 Å². The second-order valence-electron chi connectivity index (χ2n) is 7.38. The van der Waals surface area contributed by atoms with Crippen molar-refractivity contribution in [2.75, 3.05) is 11.4 Å². The summed E-state index contributed by atoms with van der Waals surface area (Å²) in [4.78, 5) is 27.2. The molecule has 30 heavy (non-hydrogen) atoms. The molecular formula is C25H24N2O3. The van der Waals surface area contributed by atoms with Crippen LogP contribution in [0.1, 0.15) is 24.9 Å². The first-order chi connectivity index (χ1) is 14.6. The van der Waals surface area contributed by atoms with Crippen LogP contribution in [0.5, 0.6) is 11.5 Å². The van der Waals surface area contributed by atoms with Crippen molar-refractivity contribution in [3.63, 3.8) is 0 Å². The van der Waals surface area contributed by atoms with E-state index in [0.29, 0.717) is 18.7 Å². The van der Waals surface area contributed by atoms with Gasteiger partial charge in [0, 0.05) is 12.2 Å². The van der Waals surface area contributed by atoms with Crippen LogP contribution in [0.25, 0.3) is 0 Å². The molecule has 3 aromatic rings. The Hall–Kier alpha value is -3.60. The van der Waals surface area contributed by atoms with E-state index in [9.17, 15) is 9.59 Å². The predicted molar refractivity (Wildman–Crippen MR) is 116 cm³/mol. The highest BCUT2D eigenvalue weighted by atomic mass is 16.5. The molecule has 5 nitrogen and oxygen atoms in total. The number of nitrogens with one attached hydrogen (secondary N) is 1. The SMILES string of the molecule is C[C@H](NC(=O)[C@@H]1CCN(c2ccc(Oc3ccccc3)cc2)C1=O)c1ccccc1. The summed E-state index contributed by atoms with van der Waals surface area (Å²) in [5, 5.41) is 2.97. The molecule has 4 rings (SSSR count). The third kappa shape index (κ3) is 4.35. The van der Waals surface area contributed by atoms with Crippen molar-refractivity contribution < 1.29 is 14.3 Å². The fraction of sp³-hybridized carbons (Fsp3) is 0.200. The number of rotatable bonds is 6. The number of hydrogen-bond donors (Lipinski definition) is 1. The third-order valence-electron chi connectivity index (χ3n) is 5.31. The molecule has 0 saturated carbocycles. The van der Waals surface area contributed by atoms with Crippen LogP contribution in [0, 0.1) is 5.92 Å². The third-order valence-corrected chi connectivity index (χ3v) is 5.31. The highest BCUT2D eigenvalue weighted by Crippen LogP contribution is 2.29. The molecule has 3 aromatic carbocycles. The van der Waals surface area contributed by atoms with Crippen LogP contribution in [0.3, 0.4) is 0 Å². The predicted octanol–water partition coefficient (Wildman–Crippen LogP) is 4.71. The summed E-state index contributed by atoms with van der Waals surface area (Å²) in [5.41, 5.74) is 1.79. The number of anilines is 1. The van der Waals surface area contributed by atoms with Gasteiger partial charge in [0.25, 0.3) is 0 Å². The van der Waals surface area contributed by atoms with Crippen LogP contribution in [0.15, 0.2) is 84.9 Å². The molecule has 152 valence electrons. The first-order valence-electron chi connectivity index (χ1n) is 10.1. The van der Waals surface area contributed by atoms with Crippen molar-refractivity contribution in [1.29, 1.82) is 0 Å². The fourth-order valence-electron chi connectivity index (χ4n) is 3.64. The average Bonchev–Trinajstić information content (AvgIpc) is 3.17. The van der Waals surface area contributed by atoms with Crippen molar-refractivity contribution in [1.82, 2.24) is 5.32 Å². The average molecular weight is 400 g/mol. The minimum Gasteiger partial charge on any atom is -0.457 e. The summed E-state index contributed by atoms with van der Waals surface area (Å²) in [6.45, 7) is 2.45. The minimum absolute atomic E-state index is 0.144. The summed E-state index contributed by atoms with van der Waals surface area (Å²) in [7, 11) is 0. The van der Waals surface area contributed by atoms with Gasteiger partial charge in [0.05, 0.1) is 6.04 Å². The topological polar surface area (TPSA) is 58.6 Å². The number of carbonyl (C=O) groups excluding carboxylic acids is 2. The van der Waals surface area contributed by atoms with Gasteiger partial charge in [-0.05, 0) is 55.3 Å². The maximum atomic E-state index is 12.9. The van der Waals surface area contributed by atoms with Crippen molar-refractivity contribution in [2.45, 2.75) is 19.4 Å². The molecule has 1 saturated heterocycles.